The van der Waals surface area contributed by atoms with E-state index in [2.05, 4.69) is 20.9 Å². The maximum absolute atomic E-state index is 11.9. The molecule has 0 fully saturated rings. The number of halogens is 1. The number of cyclic esters (lactones) is 1. The van der Waals surface area contributed by atoms with Crippen LogP contribution in [0.5, 0.6) is 0 Å². The molecule has 0 N–H and O–H groups in total. The summed E-state index contributed by atoms with van der Waals surface area (Å²) in [5.74, 6) is -0.714. The van der Waals surface area contributed by atoms with Gasteiger partial charge in [-0.25, -0.2) is 9.79 Å². The standard InChI is InChI=1S/C15H9BrN2O5/c1-8-6-9(2-4-11(8)16)14-17-12(15(19)23-14)7-10-3-5-13(22-10)18(20)21/h2-7H,1H3/b12-7-. The van der Waals surface area contributed by atoms with E-state index in [0.29, 0.717) is 5.56 Å². The van der Waals surface area contributed by atoms with E-state index >= 15 is 0 Å². The molecule has 2 aromatic rings. The second-order valence-corrected chi connectivity index (χ2v) is 5.59. The Labute approximate surface area is 138 Å². The van der Waals surface area contributed by atoms with Crippen LogP contribution in [0.1, 0.15) is 16.9 Å². The molecule has 1 aromatic carbocycles. The van der Waals surface area contributed by atoms with Crippen LogP contribution in [0.15, 0.2) is 49.9 Å². The Kier molecular flexibility index (Phi) is 3.83. The van der Waals surface area contributed by atoms with Gasteiger partial charge in [-0.15, -0.1) is 0 Å². The van der Waals surface area contributed by atoms with Crippen LogP contribution in [0, 0.1) is 17.0 Å². The lowest BCUT2D eigenvalue weighted by Crippen LogP contribution is -2.05. The average molecular weight is 377 g/mol. The van der Waals surface area contributed by atoms with E-state index in [0.717, 1.165) is 10.0 Å². The number of aryl methyl sites for hydroxylation is 1. The van der Waals surface area contributed by atoms with Crippen molar-refractivity contribution in [3.63, 3.8) is 0 Å². The Morgan fingerprint density at radius 1 is 1.30 bits per heavy atom. The highest BCUT2D eigenvalue weighted by Crippen LogP contribution is 2.24. The van der Waals surface area contributed by atoms with Crippen molar-refractivity contribution in [1.82, 2.24) is 0 Å². The zero-order valence-corrected chi connectivity index (χ0v) is 13.4. The minimum atomic E-state index is -0.658. The second-order valence-electron chi connectivity index (χ2n) is 4.73. The van der Waals surface area contributed by atoms with E-state index in [4.69, 9.17) is 9.15 Å². The highest BCUT2D eigenvalue weighted by Gasteiger charge is 2.25. The molecular weight excluding hydrogens is 368 g/mol. The summed E-state index contributed by atoms with van der Waals surface area (Å²) in [6.45, 7) is 1.91. The Hall–Kier alpha value is -2.74. The van der Waals surface area contributed by atoms with Gasteiger partial charge in [-0.05, 0) is 36.8 Å². The van der Waals surface area contributed by atoms with Crippen molar-refractivity contribution in [2.75, 3.05) is 0 Å². The predicted octanol–water partition coefficient (Wildman–Crippen LogP) is 3.60. The number of nitro groups is 1. The quantitative estimate of drug-likeness (QED) is 0.353. The van der Waals surface area contributed by atoms with E-state index in [9.17, 15) is 14.9 Å². The lowest BCUT2D eigenvalue weighted by atomic mass is 10.1. The van der Waals surface area contributed by atoms with E-state index < -0.39 is 16.8 Å². The molecule has 23 heavy (non-hydrogen) atoms. The summed E-state index contributed by atoms with van der Waals surface area (Å²) in [6.07, 6.45) is 1.30. The van der Waals surface area contributed by atoms with Gasteiger partial charge < -0.3 is 9.15 Å². The van der Waals surface area contributed by atoms with E-state index in [-0.39, 0.29) is 17.4 Å². The van der Waals surface area contributed by atoms with Crippen molar-refractivity contribution in [3.05, 3.63) is 67.5 Å². The summed E-state index contributed by atoms with van der Waals surface area (Å²) < 4.78 is 11.0. The molecule has 3 rings (SSSR count). The van der Waals surface area contributed by atoms with Crippen LogP contribution in [0.3, 0.4) is 0 Å². The first-order chi connectivity index (χ1) is 10.9. The van der Waals surface area contributed by atoms with Crippen molar-refractivity contribution in [3.8, 4) is 0 Å². The van der Waals surface area contributed by atoms with Gasteiger partial charge in [0, 0.05) is 16.1 Å². The highest BCUT2D eigenvalue weighted by molar-refractivity contribution is 9.10. The number of hydrogen-bond acceptors (Lipinski definition) is 6. The minimum absolute atomic E-state index is 0.0184. The molecule has 0 saturated heterocycles. The third-order valence-corrected chi connectivity index (χ3v) is 3.99. The summed E-state index contributed by atoms with van der Waals surface area (Å²) in [5, 5.41) is 10.6. The topological polar surface area (TPSA) is 94.9 Å². The van der Waals surface area contributed by atoms with E-state index in [1.165, 1.54) is 18.2 Å². The molecule has 1 aromatic heterocycles. The van der Waals surface area contributed by atoms with Crippen LogP contribution in [0.25, 0.3) is 6.08 Å². The predicted molar refractivity (Wildman–Crippen MR) is 84.8 cm³/mol. The summed E-state index contributed by atoms with van der Waals surface area (Å²) >= 11 is 3.39. The molecule has 7 nitrogen and oxygen atoms in total. The molecule has 0 aliphatic carbocycles. The lowest BCUT2D eigenvalue weighted by molar-refractivity contribution is -0.402. The average Bonchev–Trinajstić information content (AvgIpc) is 3.10. The largest absolute Gasteiger partial charge is 0.433 e. The lowest BCUT2D eigenvalue weighted by Gasteiger charge is -2.02. The molecule has 2 heterocycles. The van der Waals surface area contributed by atoms with Gasteiger partial charge in [-0.1, -0.05) is 15.9 Å². The number of aliphatic imine (C=N–C) groups is 1. The van der Waals surface area contributed by atoms with Gasteiger partial charge in [0.05, 0.1) is 6.07 Å². The number of furan rings is 1. The first-order valence-electron chi connectivity index (χ1n) is 6.47. The Bertz CT molecular complexity index is 882. The first kappa shape index (κ1) is 15.2. The molecule has 0 bridgehead atoms. The number of benzene rings is 1. The highest BCUT2D eigenvalue weighted by atomic mass is 79.9. The molecule has 1 aliphatic heterocycles. The maximum Gasteiger partial charge on any atom is 0.433 e. The normalized spacial score (nSPS) is 15.7. The molecule has 0 unspecified atom stereocenters. The SMILES string of the molecule is Cc1cc(C2=N/C(=C\c3ccc([N+](=O)[O-])o3)C(=O)O2)ccc1Br. The van der Waals surface area contributed by atoms with E-state index in [1.807, 2.05) is 19.1 Å². The summed E-state index contributed by atoms with van der Waals surface area (Å²) in [5.41, 5.74) is 1.65. The Morgan fingerprint density at radius 3 is 2.74 bits per heavy atom. The monoisotopic (exact) mass is 376 g/mol. The number of carbonyl (C=O) groups excluding carboxylic acids is 1. The zero-order valence-electron chi connectivity index (χ0n) is 11.8. The molecule has 116 valence electrons. The Balaban J connectivity index is 1.92. The van der Waals surface area contributed by atoms with Crippen LogP contribution in [0.2, 0.25) is 0 Å². The van der Waals surface area contributed by atoms with Gasteiger partial charge in [-0.3, -0.25) is 10.1 Å². The second kappa shape index (κ2) is 5.81. The van der Waals surface area contributed by atoms with Gasteiger partial charge in [0.2, 0.25) is 5.90 Å². The molecular formula is C15H9BrN2O5. The van der Waals surface area contributed by atoms with Crippen LogP contribution in [0.4, 0.5) is 5.88 Å². The summed E-state index contributed by atoms with van der Waals surface area (Å²) in [6, 6.07) is 8.02. The fourth-order valence-corrected chi connectivity index (χ4v) is 2.21. The van der Waals surface area contributed by atoms with E-state index in [1.54, 1.807) is 6.07 Å². The van der Waals surface area contributed by atoms with Gasteiger partial charge in [-0.2, -0.15) is 0 Å². The van der Waals surface area contributed by atoms with Gasteiger partial charge in [0.25, 0.3) is 0 Å². The van der Waals surface area contributed by atoms with Gasteiger partial charge in [0.15, 0.2) is 5.70 Å². The molecule has 0 spiro atoms. The van der Waals surface area contributed by atoms with Gasteiger partial charge >= 0.3 is 11.9 Å². The van der Waals surface area contributed by atoms with Crippen LogP contribution in [-0.2, 0) is 9.53 Å². The van der Waals surface area contributed by atoms with Gasteiger partial charge in [0.1, 0.15) is 10.7 Å². The molecule has 1 aliphatic rings. The fourth-order valence-electron chi connectivity index (χ4n) is 1.96. The summed E-state index contributed by atoms with van der Waals surface area (Å²) in [7, 11) is 0. The molecule has 0 saturated carbocycles. The number of hydrogen-bond donors (Lipinski definition) is 0. The molecule has 0 amide bonds. The number of ether oxygens (including phenoxy) is 1. The number of esters is 1. The molecule has 8 heteroatoms. The van der Waals surface area contributed by atoms with Crippen LogP contribution in [-0.4, -0.2) is 16.8 Å². The van der Waals surface area contributed by atoms with Crippen LogP contribution >= 0.6 is 15.9 Å². The van der Waals surface area contributed by atoms with Crippen molar-refractivity contribution in [1.29, 1.82) is 0 Å². The van der Waals surface area contributed by atoms with Crippen molar-refractivity contribution in [2.24, 2.45) is 4.99 Å². The molecule has 0 radical (unpaired) electrons. The fraction of sp³-hybridized carbons (Fsp3) is 0.0667. The number of rotatable bonds is 3. The maximum atomic E-state index is 11.9. The number of carbonyl (C=O) groups is 1. The minimum Gasteiger partial charge on any atom is -0.402 e. The van der Waals surface area contributed by atoms with Crippen LogP contribution < -0.4 is 0 Å². The van der Waals surface area contributed by atoms with Crippen molar-refractivity contribution >= 4 is 39.8 Å². The molecule has 0 atom stereocenters. The summed E-state index contributed by atoms with van der Waals surface area (Å²) in [4.78, 5) is 25.9. The third-order valence-electron chi connectivity index (χ3n) is 3.10. The smallest absolute Gasteiger partial charge is 0.402 e. The third kappa shape index (κ3) is 3.07. The Morgan fingerprint density at radius 2 is 2.09 bits per heavy atom. The van der Waals surface area contributed by atoms with Crippen molar-refractivity contribution < 1.29 is 18.9 Å². The zero-order chi connectivity index (χ0) is 16.6. The van der Waals surface area contributed by atoms with Crippen molar-refractivity contribution in [2.45, 2.75) is 6.92 Å². The first-order valence-corrected chi connectivity index (χ1v) is 7.26. The number of nitrogens with zero attached hydrogens (tertiary/aromatic N) is 2.